The molecule has 1 atom stereocenters. The van der Waals surface area contributed by atoms with Crippen LogP contribution in [0.4, 0.5) is 5.82 Å². The molecule has 3 aromatic rings. The standard InChI is InChI=1S/C22H26N4O2/c1-27-19-10-6-14-26(16-19)21-13-12-18(15-23-21)22-24-20(25-28-22)11-5-9-17-7-3-2-4-8-17/h2-4,7-8,12-13,15,19H,5-6,9-11,14,16H2,1H3/t19-/m0/s1. The molecule has 0 aliphatic carbocycles. The lowest BCUT2D eigenvalue weighted by molar-refractivity contribution is 0.0891. The first-order valence-corrected chi connectivity index (χ1v) is 9.92. The number of piperidine rings is 1. The molecule has 1 saturated heterocycles. The predicted octanol–water partition coefficient (Wildman–Crippen LogP) is 3.92. The minimum Gasteiger partial charge on any atom is -0.380 e. The second-order valence-corrected chi connectivity index (χ2v) is 7.21. The molecule has 4 rings (SSSR count). The summed E-state index contributed by atoms with van der Waals surface area (Å²) >= 11 is 0. The zero-order chi connectivity index (χ0) is 19.2. The van der Waals surface area contributed by atoms with Gasteiger partial charge in [-0.2, -0.15) is 4.98 Å². The molecular weight excluding hydrogens is 352 g/mol. The number of hydrogen-bond donors (Lipinski definition) is 0. The number of anilines is 1. The van der Waals surface area contributed by atoms with E-state index in [4.69, 9.17) is 9.26 Å². The Morgan fingerprint density at radius 2 is 2.04 bits per heavy atom. The number of rotatable bonds is 7. The summed E-state index contributed by atoms with van der Waals surface area (Å²) < 4.78 is 10.9. The van der Waals surface area contributed by atoms with E-state index in [1.165, 1.54) is 5.56 Å². The van der Waals surface area contributed by atoms with Crippen molar-refractivity contribution in [2.45, 2.75) is 38.2 Å². The Morgan fingerprint density at radius 3 is 2.82 bits per heavy atom. The summed E-state index contributed by atoms with van der Waals surface area (Å²) in [5.41, 5.74) is 2.19. The van der Waals surface area contributed by atoms with Crippen molar-refractivity contribution in [3.63, 3.8) is 0 Å². The lowest BCUT2D eigenvalue weighted by Crippen LogP contribution is -2.39. The molecule has 0 N–H and O–H groups in total. The molecular formula is C22H26N4O2. The van der Waals surface area contributed by atoms with Gasteiger partial charge in [-0.1, -0.05) is 35.5 Å². The molecule has 146 valence electrons. The van der Waals surface area contributed by atoms with Gasteiger partial charge >= 0.3 is 0 Å². The summed E-state index contributed by atoms with van der Waals surface area (Å²) in [4.78, 5) is 11.4. The number of pyridine rings is 1. The number of nitrogens with zero attached hydrogens (tertiary/aromatic N) is 4. The van der Waals surface area contributed by atoms with E-state index in [0.29, 0.717) is 5.89 Å². The first-order chi connectivity index (χ1) is 13.8. The van der Waals surface area contributed by atoms with Crippen molar-refractivity contribution in [1.82, 2.24) is 15.1 Å². The molecule has 1 aliphatic rings. The highest BCUT2D eigenvalue weighted by Gasteiger charge is 2.20. The van der Waals surface area contributed by atoms with Crippen LogP contribution < -0.4 is 4.90 Å². The third-order valence-electron chi connectivity index (χ3n) is 5.21. The van der Waals surface area contributed by atoms with Crippen LogP contribution >= 0.6 is 0 Å². The average molecular weight is 378 g/mol. The van der Waals surface area contributed by atoms with Crippen LogP contribution in [0.1, 0.15) is 30.7 Å². The number of ether oxygens (including phenoxy) is 1. The quantitative estimate of drug-likeness (QED) is 0.621. The van der Waals surface area contributed by atoms with Gasteiger partial charge in [0.2, 0.25) is 0 Å². The maximum atomic E-state index is 5.50. The van der Waals surface area contributed by atoms with Gasteiger partial charge in [0.25, 0.3) is 5.89 Å². The van der Waals surface area contributed by atoms with Gasteiger partial charge in [0.15, 0.2) is 5.82 Å². The lowest BCUT2D eigenvalue weighted by Gasteiger charge is -2.32. The van der Waals surface area contributed by atoms with Crippen LogP contribution in [-0.2, 0) is 17.6 Å². The molecule has 0 unspecified atom stereocenters. The molecule has 6 heteroatoms. The highest BCUT2D eigenvalue weighted by Crippen LogP contribution is 2.23. The first-order valence-electron chi connectivity index (χ1n) is 9.92. The second kappa shape index (κ2) is 8.97. The van der Waals surface area contributed by atoms with Crippen molar-refractivity contribution in [3.05, 3.63) is 60.0 Å². The normalized spacial score (nSPS) is 17.0. The van der Waals surface area contributed by atoms with Crippen molar-refractivity contribution in [2.75, 3.05) is 25.1 Å². The van der Waals surface area contributed by atoms with Gasteiger partial charge in [0, 0.05) is 32.8 Å². The monoisotopic (exact) mass is 378 g/mol. The fourth-order valence-electron chi connectivity index (χ4n) is 3.61. The Bertz CT molecular complexity index is 864. The van der Waals surface area contributed by atoms with Gasteiger partial charge in [-0.3, -0.25) is 0 Å². The number of aromatic nitrogens is 3. The van der Waals surface area contributed by atoms with E-state index in [1.54, 1.807) is 7.11 Å². The number of methoxy groups -OCH3 is 1. The zero-order valence-corrected chi connectivity index (χ0v) is 16.3. The minimum absolute atomic E-state index is 0.282. The molecule has 0 saturated carbocycles. The number of aryl methyl sites for hydroxylation is 2. The number of benzene rings is 1. The van der Waals surface area contributed by atoms with Crippen LogP contribution in [0.2, 0.25) is 0 Å². The fraction of sp³-hybridized carbons (Fsp3) is 0.409. The molecule has 1 aromatic carbocycles. The highest BCUT2D eigenvalue weighted by molar-refractivity contribution is 5.54. The van der Waals surface area contributed by atoms with Gasteiger partial charge in [-0.05, 0) is 43.4 Å². The predicted molar refractivity (Wildman–Crippen MR) is 108 cm³/mol. The van der Waals surface area contributed by atoms with E-state index in [-0.39, 0.29) is 6.10 Å². The Morgan fingerprint density at radius 1 is 1.14 bits per heavy atom. The average Bonchev–Trinajstić information content (AvgIpc) is 3.24. The summed E-state index contributed by atoms with van der Waals surface area (Å²) in [6.45, 7) is 1.90. The van der Waals surface area contributed by atoms with E-state index >= 15 is 0 Å². The van der Waals surface area contributed by atoms with Crippen LogP contribution in [0.5, 0.6) is 0 Å². The van der Waals surface area contributed by atoms with Crippen molar-refractivity contribution < 1.29 is 9.26 Å². The summed E-state index contributed by atoms with van der Waals surface area (Å²) in [5, 5.41) is 4.12. The SMILES string of the molecule is CO[C@H]1CCCN(c2ccc(-c3nc(CCCc4ccccc4)no3)cn2)C1. The molecule has 3 heterocycles. The third kappa shape index (κ3) is 4.57. The molecule has 1 fully saturated rings. The van der Waals surface area contributed by atoms with Gasteiger partial charge in [0.05, 0.1) is 11.7 Å². The third-order valence-corrected chi connectivity index (χ3v) is 5.21. The molecule has 0 amide bonds. The molecule has 1 aliphatic heterocycles. The van der Waals surface area contributed by atoms with Crippen molar-refractivity contribution in [1.29, 1.82) is 0 Å². The second-order valence-electron chi connectivity index (χ2n) is 7.21. The van der Waals surface area contributed by atoms with Crippen LogP contribution in [0.25, 0.3) is 11.5 Å². The Hall–Kier alpha value is -2.73. The summed E-state index contributed by atoms with van der Waals surface area (Å²) in [6.07, 6.45) is 7.14. The van der Waals surface area contributed by atoms with E-state index < -0.39 is 0 Å². The molecule has 0 radical (unpaired) electrons. The zero-order valence-electron chi connectivity index (χ0n) is 16.3. The smallest absolute Gasteiger partial charge is 0.259 e. The summed E-state index contributed by atoms with van der Waals surface area (Å²) in [7, 11) is 1.78. The molecule has 0 bridgehead atoms. The van der Waals surface area contributed by atoms with Crippen molar-refractivity contribution in [3.8, 4) is 11.5 Å². The van der Waals surface area contributed by atoms with Crippen LogP contribution in [0.3, 0.4) is 0 Å². The maximum Gasteiger partial charge on any atom is 0.259 e. The molecule has 2 aromatic heterocycles. The lowest BCUT2D eigenvalue weighted by atomic mass is 10.1. The Labute approximate surface area is 165 Å². The van der Waals surface area contributed by atoms with Crippen molar-refractivity contribution in [2.24, 2.45) is 0 Å². The molecule has 0 spiro atoms. The highest BCUT2D eigenvalue weighted by atomic mass is 16.5. The topological polar surface area (TPSA) is 64.3 Å². The van der Waals surface area contributed by atoms with E-state index in [0.717, 1.165) is 62.4 Å². The summed E-state index contributed by atoms with van der Waals surface area (Å²) in [6, 6.07) is 14.5. The van der Waals surface area contributed by atoms with Gasteiger partial charge in [0.1, 0.15) is 5.82 Å². The first kappa shape index (κ1) is 18.6. The van der Waals surface area contributed by atoms with E-state index in [9.17, 15) is 0 Å². The Balaban J connectivity index is 1.34. The molecule has 6 nitrogen and oxygen atoms in total. The molecule has 28 heavy (non-hydrogen) atoms. The van der Waals surface area contributed by atoms with Crippen LogP contribution in [-0.4, -0.2) is 41.4 Å². The Kier molecular flexibility index (Phi) is 5.97. The van der Waals surface area contributed by atoms with E-state index in [1.807, 2.05) is 24.4 Å². The number of hydrogen-bond acceptors (Lipinski definition) is 6. The van der Waals surface area contributed by atoms with Crippen molar-refractivity contribution >= 4 is 5.82 Å². The maximum absolute atomic E-state index is 5.50. The van der Waals surface area contributed by atoms with E-state index in [2.05, 4.69) is 44.3 Å². The van der Waals surface area contributed by atoms with Crippen LogP contribution in [0, 0.1) is 0 Å². The van der Waals surface area contributed by atoms with Gasteiger partial charge in [-0.15, -0.1) is 0 Å². The van der Waals surface area contributed by atoms with Gasteiger partial charge < -0.3 is 14.2 Å². The minimum atomic E-state index is 0.282. The fourth-order valence-corrected chi connectivity index (χ4v) is 3.61. The summed E-state index contributed by atoms with van der Waals surface area (Å²) in [5.74, 6) is 2.24. The van der Waals surface area contributed by atoms with Gasteiger partial charge in [-0.25, -0.2) is 4.98 Å². The van der Waals surface area contributed by atoms with Crippen LogP contribution in [0.15, 0.2) is 53.2 Å². The largest absolute Gasteiger partial charge is 0.380 e.